The predicted molar refractivity (Wildman–Crippen MR) is 91.7 cm³/mol. The van der Waals surface area contributed by atoms with Gasteiger partial charge in [-0.2, -0.15) is 0 Å². The van der Waals surface area contributed by atoms with Crippen LogP contribution in [0.5, 0.6) is 0 Å². The van der Waals surface area contributed by atoms with Crippen molar-refractivity contribution in [2.45, 2.75) is 66.0 Å². The highest BCUT2D eigenvalue weighted by molar-refractivity contribution is 5.25. The molecular formula is C19H33NO. The minimum Gasteiger partial charge on any atom is -0.376 e. The number of aryl methyl sites for hydroxylation is 1. The average molecular weight is 291 g/mol. The summed E-state index contributed by atoms with van der Waals surface area (Å²) in [6.07, 6.45) is 3.75. The molecule has 0 radical (unpaired) electrons. The summed E-state index contributed by atoms with van der Waals surface area (Å²) in [6, 6.07) is 9.20. The van der Waals surface area contributed by atoms with Crippen LogP contribution in [0.25, 0.3) is 0 Å². The maximum absolute atomic E-state index is 6.12. The lowest BCUT2D eigenvalue weighted by molar-refractivity contribution is 0.0185. The molecule has 0 aromatic heterocycles. The van der Waals surface area contributed by atoms with Gasteiger partial charge in [-0.3, -0.25) is 0 Å². The van der Waals surface area contributed by atoms with E-state index in [0.29, 0.717) is 5.92 Å². The predicted octanol–water partition coefficient (Wildman–Crippen LogP) is 4.74. The molecule has 2 heteroatoms. The number of rotatable bonds is 10. The lowest BCUT2D eigenvalue weighted by atomic mass is 9.99. The molecule has 0 bridgehead atoms. The Bertz CT molecular complexity index is 374. The van der Waals surface area contributed by atoms with Crippen molar-refractivity contribution in [2.24, 2.45) is 5.92 Å². The third-order valence-corrected chi connectivity index (χ3v) is 4.07. The zero-order chi connectivity index (χ0) is 15.7. The smallest absolute Gasteiger partial charge is 0.0741 e. The molecule has 0 saturated carbocycles. The highest BCUT2D eigenvalue weighted by atomic mass is 16.5. The van der Waals surface area contributed by atoms with Gasteiger partial charge in [-0.15, -0.1) is 0 Å². The number of likely N-dealkylation sites (N-methyl/N-ethyl adjacent to an activating group) is 1. The molecule has 3 atom stereocenters. The van der Waals surface area contributed by atoms with E-state index in [9.17, 15) is 0 Å². The molecule has 0 aliphatic heterocycles. The maximum atomic E-state index is 6.12. The lowest BCUT2D eigenvalue weighted by Crippen LogP contribution is -2.33. The van der Waals surface area contributed by atoms with Gasteiger partial charge in [0.1, 0.15) is 0 Å². The second-order valence-electron chi connectivity index (χ2n) is 6.06. The van der Waals surface area contributed by atoms with Crippen molar-refractivity contribution in [3.63, 3.8) is 0 Å². The van der Waals surface area contributed by atoms with Gasteiger partial charge in [-0.1, -0.05) is 58.4 Å². The maximum Gasteiger partial charge on any atom is 0.0741 e. The van der Waals surface area contributed by atoms with E-state index in [1.165, 1.54) is 24.0 Å². The summed E-state index contributed by atoms with van der Waals surface area (Å²) in [4.78, 5) is 0. The third-order valence-electron chi connectivity index (χ3n) is 4.07. The molecule has 0 heterocycles. The molecule has 0 saturated heterocycles. The molecular weight excluding hydrogens is 258 g/mol. The van der Waals surface area contributed by atoms with Crippen molar-refractivity contribution >= 4 is 0 Å². The summed E-state index contributed by atoms with van der Waals surface area (Å²) in [5.74, 6) is 0.641. The highest BCUT2D eigenvalue weighted by Gasteiger charge is 2.19. The fraction of sp³-hybridized carbons (Fsp3) is 0.684. The molecule has 1 rings (SSSR count). The lowest BCUT2D eigenvalue weighted by Gasteiger charge is -2.27. The first-order chi connectivity index (χ1) is 10.1. The first-order valence-corrected chi connectivity index (χ1v) is 8.56. The number of hydrogen-bond donors (Lipinski definition) is 1. The Morgan fingerprint density at radius 3 is 2.24 bits per heavy atom. The van der Waals surface area contributed by atoms with E-state index >= 15 is 0 Å². The molecule has 0 aliphatic rings. The largest absolute Gasteiger partial charge is 0.376 e. The number of nitrogens with one attached hydrogen (secondary N) is 1. The molecule has 1 aromatic carbocycles. The summed E-state index contributed by atoms with van der Waals surface area (Å²) in [5, 5.41) is 3.57. The van der Waals surface area contributed by atoms with Gasteiger partial charge in [0.2, 0.25) is 0 Å². The Kier molecular flexibility index (Phi) is 8.63. The van der Waals surface area contributed by atoms with Crippen LogP contribution in [-0.4, -0.2) is 19.3 Å². The summed E-state index contributed by atoms with van der Waals surface area (Å²) >= 11 is 0. The van der Waals surface area contributed by atoms with E-state index in [0.717, 1.165) is 19.6 Å². The van der Waals surface area contributed by atoms with Crippen LogP contribution in [0, 0.1) is 5.92 Å². The zero-order valence-electron chi connectivity index (χ0n) is 14.5. The molecule has 1 aromatic rings. The van der Waals surface area contributed by atoms with Gasteiger partial charge in [-0.05, 0) is 43.4 Å². The molecule has 2 nitrogen and oxygen atoms in total. The van der Waals surface area contributed by atoms with E-state index in [-0.39, 0.29) is 12.1 Å². The Labute approximate surface area is 131 Å². The van der Waals surface area contributed by atoms with Crippen LogP contribution in [0.15, 0.2) is 24.3 Å². The van der Waals surface area contributed by atoms with Gasteiger partial charge in [-0.25, -0.2) is 0 Å². The van der Waals surface area contributed by atoms with E-state index in [1.807, 2.05) is 0 Å². The molecule has 0 fully saturated rings. The van der Waals surface area contributed by atoms with Gasteiger partial charge in [0, 0.05) is 6.61 Å². The van der Waals surface area contributed by atoms with Crippen LogP contribution < -0.4 is 5.32 Å². The van der Waals surface area contributed by atoms with Crippen molar-refractivity contribution in [1.82, 2.24) is 5.32 Å². The minimum absolute atomic E-state index is 0.191. The van der Waals surface area contributed by atoms with Crippen molar-refractivity contribution in [1.29, 1.82) is 0 Å². The van der Waals surface area contributed by atoms with Crippen LogP contribution in [0.2, 0.25) is 0 Å². The molecule has 1 N–H and O–H groups in total. The van der Waals surface area contributed by atoms with Crippen molar-refractivity contribution in [3.8, 4) is 0 Å². The summed E-state index contributed by atoms with van der Waals surface area (Å²) in [7, 11) is 0. The fourth-order valence-electron chi connectivity index (χ4n) is 2.72. The third kappa shape index (κ3) is 6.19. The highest BCUT2D eigenvalue weighted by Crippen LogP contribution is 2.21. The van der Waals surface area contributed by atoms with Gasteiger partial charge in [0.05, 0.1) is 12.1 Å². The molecule has 21 heavy (non-hydrogen) atoms. The normalized spacial score (nSPS) is 15.7. The van der Waals surface area contributed by atoms with Crippen LogP contribution in [0.4, 0.5) is 0 Å². The van der Waals surface area contributed by atoms with Crippen molar-refractivity contribution in [3.05, 3.63) is 35.4 Å². The Balaban J connectivity index is 2.65. The van der Waals surface area contributed by atoms with E-state index in [2.05, 4.69) is 64.2 Å². The van der Waals surface area contributed by atoms with Crippen LogP contribution in [-0.2, 0) is 11.2 Å². The van der Waals surface area contributed by atoms with Gasteiger partial charge >= 0.3 is 0 Å². The summed E-state index contributed by atoms with van der Waals surface area (Å²) < 4.78 is 6.12. The topological polar surface area (TPSA) is 21.3 Å². The van der Waals surface area contributed by atoms with Gasteiger partial charge < -0.3 is 10.1 Å². The number of hydrogen-bond acceptors (Lipinski definition) is 2. The Morgan fingerprint density at radius 2 is 1.71 bits per heavy atom. The molecule has 0 spiro atoms. The summed E-state index contributed by atoms with van der Waals surface area (Å²) in [6.45, 7) is 12.8. The monoisotopic (exact) mass is 291 g/mol. The van der Waals surface area contributed by atoms with Crippen LogP contribution >= 0.6 is 0 Å². The van der Waals surface area contributed by atoms with E-state index < -0.39 is 0 Å². The second-order valence-corrected chi connectivity index (χ2v) is 6.06. The minimum atomic E-state index is 0.191. The van der Waals surface area contributed by atoms with Crippen LogP contribution in [0.1, 0.15) is 64.6 Å². The first kappa shape index (κ1) is 18.2. The second kappa shape index (κ2) is 9.97. The SMILES string of the molecule is CCCC(C)COC(C)C(NCC)c1ccc(CC)cc1. The first-order valence-electron chi connectivity index (χ1n) is 8.56. The zero-order valence-corrected chi connectivity index (χ0v) is 14.5. The Hall–Kier alpha value is -0.860. The molecule has 120 valence electrons. The quantitative estimate of drug-likeness (QED) is 0.672. The molecule has 0 aliphatic carbocycles. The molecule has 3 unspecified atom stereocenters. The standard InChI is InChI=1S/C19H33NO/c1-6-9-15(4)14-21-16(5)19(20-8-3)18-12-10-17(7-2)11-13-18/h10-13,15-16,19-20H,6-9,14H2,1-5H3. The molecule has 0 amide bonds. The average Bonchev–Trinajstić information content (AvgIpc) is 2.51. The van der Waals surface area contributed by atoms with E-state index in [4.69, 9.17) is 4.74 Å². The van der Waals surface area contributed by atoms with Gasteiger partial charge in [0.25, 0.3) is 0 Å². The van der Waals surface area contributed by atoms with Crippen molar-refractivity contribution < 1.29 is 4.74 Å². The van der Waals surface area contributed by atoms with Crippen molar-refractivity contribution in [2.75, 3.05) is 13.2 Å². The Morgan fingerprint density at radius 1 is 1.05 bits per heavy atom. The van der Waals surface area contributed by atoms with E-state index in [1.54, 1.807) is 0 Å². The summed E-state index contributed by atoms with van der Waals surface area (Å²) in [5.41, 5.74) is 2.71. The number of ether oxygens (including phenoxy) is 1. The fourth-order valence-corrected chi connectivity index (χ4v) is 2.72. The number of benzene rings is 1. The van der Waals surface area contributed by atoms with Crippen LogP contribution in [0.3, 0.4) is 0 Å². The van der Waals surface area contributed by atoms with Gasteiger partial charge in [0.15, 0.2) is 0 Å².